The number of likely N-dealkylation sites (tertiary alicyclic amines) is 1. The number of anilines is 1. The van der Waals surface area contributed by atoms with E-state index in [1.807, 2.05) is 0 Å². The molecule has 1 heterocycles. The molecule has 0 unspecified atom stereocenters. The van der Waals surface area contributed by atoms with Crippen molar-refractivity contribution >= 4 is 27.6 Å². The maximum Gasteiger partial charge on any atom is 0.308 e. The predicted octanol–water partition coefficient (Wildman–Crippen LogP) is 0.873. The number of nitrogens with zero attached hydrogens (tertiary/aromatic N) is 2. The molecule has 1 saturated heterocycles. The predicted molar refractivity (Wildman–Crippen MR) is 96.5 cm³/mol. The molecular formula is C17H24N2O6S. The Bertz CT molecular complexity index is 756. The first kappa shape index (κ1) is 20.0. The first-order chi connectivity index (χ1) is 12.3. The van der Waals surface area contributed by atoms with Gasteiger partial charge in [-0.3, -0.25) is 13.9 Å². The van der Waals surface area contributed by atoms with Crippen molar-refractivity contribution in [1.82, 2.24) is 4.90 Å². The van der Waals surface area contributed by atoms with E-state index in [4.69, 9.17) is 9.47 Å². The average Bonchev–Trinajstić information content (AvgIpc) is 2.64. The van der Waals surface area contributed by atoms with Crippen LogP contribution in [0.3, 0.4) is 0 Å². The Labute approximate surface area is 153 Å². The summed E-state index contributed by atoms with van der Waals surface area (Å²) in [6.07, 6.45) is 2.08. The monoisotopic (exact) mass is 384 g/mol. The Morgan fingerprint density at radius 1 is 1.23 bits per heavy atom. The van der Waals surface area contributed by atoms with Crippen molar-refractivity contribution in [1.29, 1.82) is 0 Å². The molecular weight excluding hydrogens is 360 g/mol. The lowest BCUT2D eigenvalue weighted by molar-refractivity contribution is -0.148. The number of carbonyl (C=O) groups is 2. The number of hydrogen-bond donors (Lipinski definition) is 0. The maximum atomic E-state index is 12.6. The highest BCUT2D eigenvalue weighted by Crippen LogP contribution is 2.24. The molecule has 8 nitrogen and oxygen atoms in total. The van der Waals surface area contributed by atoms with Crippen LogP contribution >= 0.6 is 0 Å². The summed E-state index contributed by atoms with van der Waals surface area (Å²) in [5, 5.41) is 0. The van der Waals surface area contributed by atoms with Gasteiger partial charge in [0.25, 0.3) is 0 Å². The van der Waals surface area contributed by atoms with Crippen molar-refractivity contribution in [2.75, 3.05) is 44.4 Å². The number of carbonyl (C=O) groups excluding carboxylic acids is 2. The highest BCUT2D eigenvalue weighted by atomic mass is 32.2. The molecule has 0 spiro atoms. The molecule has 1 aromatic rings. The van der Waals surface area contributed by atoms with Gasteiger partial charge >= 0.3 is 5.97 Å². The third-order valence-corrected chi connectivity index (χ3v) is 5.54. The lowest BCUT2D eigenvalue weighted by Gasteiger charge is -2.32. The van der Waals surface area contributed by atoms with E-state index in [1.165, 1.54) is 14.2 Å². The van der Waals surface area contributed by atoms with E-state index in [0.29, 0.717) is 37.4 Å². The molecule has 1 aromatic carbocycles. The summed E-state index contributed by atoms with van der Waals surface area (Å²) in [4.78, 5) is 25.8. The zero-order chi connectivity index (χ0) is 19.3. The molecule has 1 aliphatic rings. The SMILES string of the molecule is COC(=O)C1CCN(C(=O)CN(c2cccc(OC)c2)S(C)(=O)=O)CC1. The van der Waals surface area contributed by atoms with Crippen LogP contribution in [0.2, 0.25) is 0 Å². The largest absolute Gasteiger partial charge is 0.497 e. The van der Waals surface area contributed by atoms with Crippen molar-refractivity contribution < 1.29 is 27.5 Å². The molecule has 0 radical (unpaired) electrons. The third kappa shape index (κ3) is 4.87. The number of benzene rings is 1. The molecule has 1 fully saturated rings. The zero-order valence-electron chi connectivity index (χ0n) is 15.2. The van der Waals surface area contributed by atoms with Gasteiger partial charge in [-0.25, -0.2) is 8.42 Å². The lowest BCUT2D eigenvalue weighted by Crippen LogP contribution is -2.46. The van der Waals surface area contributed by atoms with Gasteiger partial charge in [-0.1, -0.05) is 6.07 Å². The first-order valence-electron chi connectivity index (χ1n) is 8.23. The van der Waals surface area contributed by atoms with Gasteiger partial charge in [-0.2, -0.15) is 0 Å². The van der Waals surface area contributed by atoms with E-state index in [2.05, 4.69) is 0 Å². The zero-order valence-corrected chi connectivity index (χ0v) is 16.0. The summed E-state index contributed by atoms with van der Waals surface area (Å²) < 4.78 is 35.3. The van der Waals surface area contributed by atoms with Gasteiger partial charge in [-0.15, -0.1) is 0 Å². The molecule has 26 heavy (non-hydrogen) atoms. The van der Waals surface area contributed by atoms with Crippen LogP contribution in [0.25, 0.3) is 0 Å². The smallest absolute Gasteiger partial charge is 0.308 e. The van der Waals surface area contributed by atoms with Gasteiger partial charge in [0.05, 0.1) is 32.1 Å². The summed E-state index contributed by atoms with van der Waals surface area (Å²) in [6, 6.07) is 6.54. The lowest BCUT2D eigenvalue weighted by atomic mass is 9.97. The molecule has 0 N–H and O–H groups in total. The number of piperidine rings is 1. The Balaban J connectivity index is 2.10. The van der Waals surface area contributed by atoms with Crippen LogP contribution in [0.5, 0.6) is 5.75 Å². The van der Waals surface area contributed by atoms with Crippen LogP contribution in [0, 0.1) is 5.92 Å². The minimum absolute atomic E-state index is 0.214. The van der Waals surface area contributed by atoms with Crippen molar-refractivity contribution in [3.63, 3.8) is 0 Å². The van der Waals surface area contributed by atoms with Crippen LogP contribution in [0.15, 0.2) is 24.3 Å². The number of ether oxygens (including phenoxy) is 2. The molecule has 0 bridgehead atoms. The fraction of sp³-hybridized carbons (Fsp3) is 0.529. The molecule has 2 rings (SSSR count). The Morgan fingerprint density at radius 2 is 1.88 bits per heavy atom. The minimum atomic E-state index is -3.65. The number of rotatable bonds is 6. The number of methoxy groups -OCH3 is 2. The van der Waals surface area contributed by atoms with E-state index in [-0.39, 0.29) is 24.3 Å². The first-order valence-corrected chi connectivity index (χ1v) is 10.1. The minimum Gasteiger partial charge on any atom is -0.497 e. The summed E-state index contributed by atoms with van der Waals surface area (Å²) in [5.74, 6) is -0.288. The molecule has 0 saturated carbocycles. The summed E-state index contributed by atoms with van der Waals surface area (Å²) in [7, 11) is -0.817. The molecule has 9 heteroatoms. The van der Waals surface area contributed by atoms with Gasteiger partial charge in [0.2, 0.25) is 15.9 Å². The fourth-order valence-electron chi connectivity index (χ4n) is 2.92. The van der Waals surface area contributed by atoms with Crippen molar-refractivity contribution in [2.24, 2.45) is 5.92 Å². The molecule has 0 aliphatic carbocycles. The standard InChI is InChI=1S/C17H24N2O6S/c1-24-15-6-4-5-14(11-15)19(26(3,22)23)12-16(20)18-9-7-13(8-10-18)17(21)25-2/h4-6,11,13H,7-10,12H2,1-3H3. The number of esters is 1. The molecule has 0 aromatic heterocycles. The Morgan fingerprint density at radius 3 is 2.42 bits per heavy atom. The highest BCUT2D eigenvalue weighted by molar-refractivity contribution is 7.92. The summed E-state index contributed by atoms with van der Waals surface area (Å²) >= 11 is 0. The third-order valence-electron chi connectivity index (χ3n) is 4.40. The molecule has 1 aliphatic heterocycles. The van der Waals surface area contributed by atoms with E-state index in [0.717, 1.165) is 10.6 Å². The second-order valence-electron chi connectivity index (χ2n) is 6.15. The van der Waals surface area contributed by atoms with Crippen molar-refractivity contribution in [3.05, 3.63) is 24.3 Å². The number of amides is 1. The second kappa shape index (κ2) is 8.39. The summed E-state index contributed by atoms with van der Waals surface area (Å²) in [5.41, 5.74) is 0.365. The Kier molecular flexibility index (Phi) is 6.47. The van der Waals surface area contributed by atoms with Crippen LogP contribution in [-0.4, -0.2) is 65.3 Å². The van der Waals surface area contributed by atoms with Gasteiger partial charge in [0, 0.05) is 19.2 Å². The van der Waals surface area contributed by atoms with Crippen molar-refractivity contribution in [3.8, 4) is 5.75 Å². The topological polar surface area (TPSA) is 93.2 Å². The normalized spacial score (nSPS) is 15.4. The van der Waals surface area contributed by atoms with Crippen LogP contribution in [-0.2, 0) is 24.3 Å². The van der Waals surface area contributed by atoms with Gasteiger partial charge in [0.1, 0.15) is 12.3 Å². The van der Waals surface area contributed by atoms with Crippen molar-refractivity contribution in [2.45, 2.75) is 12.8 Å². The van der Waals surface area contributed by atoms with E-state index < -0.39 is 10.0 Å². The van der Waals surface area contributed by atoms with Gasteiger partial charge in [-0.05, 0) is 25.0 Å². The molecule has 0 atom stereocenters. The average molecular weight is 384 g/mol. The maximum absolute atomic E-state index is 12.6. The van der Waals surface area contributed by atoms with Crippen LogP contribution in [0.1, 0.15) is 12.8 Å². The highest BCUT2D eigenvalue weighted by Gasteiger charge is 2.30. The van der Waals surface area contributed by atoms with E-state index >= 15 is 0 Å². The van der Waals surface area contributed by atoms with Gasteiger partial charge < -0.3 is 14.4 Å². The second-order valence-corrected chi connectivity index (χ2v) is 8.06. The summed E-state index contributed by atoms with van der Waals surface area (Å²) in [6.45, 7) is 0.498. The fourth-order valence-corrected chi connectivity index (χ4v) is 3.76. The Hall–Kier alpha value is -2.29. The van der Waals surface area contributed by atoms with Gasteiger partial charge in [0.15, 0.2) is 0 Å². The quantitative estimate of drug-likeness (QED) is 0.676. The number of hydrogen-bond acceptors (Lipinski definition) is 6. The van der Waals surface area contributed by atoms with E-state index in [1.54, 1.807) is 29.2 Å². The van der Waals surface area contributed by atoms with E-state index in [9.17, 15) is 18.0 Å². The van der Waals surface area contributed by atoms with Crippen LogP contribution < -0.4 is 9.04 Å². The van der Waals surface area contributed by atoms with Crippen LogP contribution in [0.4, 0.5) is 5.69 Å². The molecule has 144 valence electrons. The molecule has 1 amide bonds. The number of sulfonamides is 1.